The maximum Gasteiger partial charge on any atom is 0.303 e. The summed E-state index contributed by atoms with van der Waals surface area (Å²) in [5.74, 6) is -2.13. The number of esters is 2. The highest BCUT2D eigenvalue weighted by atomic mass is 16.5. The number of aliphatic hydroxyl groups excluding tert-OH is 1. The fraction of sp³-hybridized carbons (Fsp3) is 0.667. The number of allylic oxidation sites excluding steroid dienone is 2. The van der Waals surface area contributed by atoms with Gasteiger partial charge in [-0.2, -0.15) is 0 Å². The summed E-state index contributed by atoms with van der Waals surface area (Å²) in [5, 5.41) is 19.3. The van der Waals surface area contributed by atoms with Gasteiger partial charge in [-0.05, 0) is 37.7 Å². The molecule has 8 nitrogen and oxygen atoms in total. The number of rotatable bonds is 14. The van der Waals surface area contributed by atoms with E-state index < -0.39 is 36.2 Å². The van der Waals surface area contributed by atoms with Crippen molar-refractivity contribution in [2.24, 2.45) is 11.8 Å². The van der Waals surface area contributed by atoms with E-state index in [1.165, 1.54) is 13.8 Å². The molecule has 0 spiro atoms. The molecule has 0 bridgehead atoms. The molecule has 32 heavy (non-hydrogen) atoms. The van der Waals surface area contributed by atoms with Gasteiger partial charge in [0.15, 0.2) is 0 Å². The Bertz CT molecular complexity index is 696. The van der Waals surface area contributed by atoms with E-state index in [9.17, 15) is 24.3 Å². The molecule has 1 aliphatic rings. The van der Waals surface area contributed by atoms with Crippen LogP contribution in [0.3, 0.4) is 0 Å². The third-order valence-electron chi connectivity index (χ3n) is 5.51. The molecule has 180 valence electrons. The zero-order valence-corrected chi connectivity index (χ0v) is 19.2. The topological polar surface area (TPSA) is 127 Å². The highest BCUT2D eigenvalue weighted by molar-refractivity contribution is 5.78. The van der Waals surface area contributed by atoms with Gasteiger partial charge in [0.05, 0.1) is 6.10 Å². The lowest BCUT2D eigenvalue weighted by Gasteiger charge is -2.22. The van der Waals surface area contributed by atoms with Crippen molar-refractivity contribution in [1.82, 2.24) is 0 Å². The summed E-state index contributed by atoms with van der Waals surface area (Å²) < 4.78 is 10.7. The Morgan fingerprint density at radius 3 is 2.41 bits per heavy atom. The predicted octanol–water partition coefficient (Wildman–Crippen LogP) is 3.36. The van der Waals surface area contributed by atoms with Gasteiger partial charge >= 0.3 is 17.9 Å². The lowest BCUT2D eigenvalue weighted by Crippen LogP contribution is -2.24. The Hall–Kier alpha value is -2.48. The number of carbonyl (C=O) groups excluding carboxylic acids is 3. The van der Waals surface area contributed by atoms with E-state index in [0.29, 0.717) is 44.9 Å². The largest absolute Gasteiger partial charge is 0.481 e. The van der Waals surface area contributed by atoms with Crippen molar-refractivity contribution >= 4 is 23.7 Å². The number of carboxylic acids is 1. The molecule has 8 heteroatoms. The number of unbranched alkanes of at least 4 members (excludes halogenated alkanes) is 1. The third-order valence-corrected chi connectivity index (χ3v) is 5.51. The van der Waals surface area contributed by atoms with Gasteiger partial charge in [0, 0.05) is 45.4 Å². The van der Waals surface area contributed by atoms with E-state index in [-0.39, 0.29) is 24.0 Å². The van der Waals surface area contributed by atoms with Gasteiger partial charge in [-0.1, -0.05) is 25.2 Å². The first-order valence-electron chi connectivity index (χ1n) is 11.2. The third kappa shape index (κ3) is 10.7. The first kappa shape index (κ1) is 27.6. The standard InChI is InChI=1S/C24H36O8/c1-4-18(27)11-12-19(31-16(2)25)13-14-21-20(9-7-5-6-8-10-24(29)30)22(28)15-23(21)32-17(3)26/h5,7,13-14,19-23,28H,4,6,8-12,15H2,1-3H3,(H,29,30)/b7-5-,14-13+/t19-,20+,21+,22-,23+/m0/s1. The maximum atomic E-state index is 11.7. The molecule has 0 aliphatic heterocycles. The van der Waals surface area contributed by atoms with E-state index in [1.54, 1.807) is 13.0 Å². The number of Topliss-reactive ketones (excluding diaryl/α,β-unsaturated/α-hetero) is 1. The highest BCUT2D eigenvalue weighted by Gasteiger charge is 2.42. The van der Waals surface area contributed by atoms with Crippen molar-refractivity contribution in [2.45, 2.75) is 90.4 Å². The van der Waals surface area contributed by atoms with Crippen molar-refractivity contribution < 1.29 is 38.9 Å². The molecule has 1 fully saturated rings. The maximum absolute atomic E-state index is 11.7. The van der Waals surface area contributed by atoms with E-state index >= 15 is 0 Å². The second-order valence-corrected chi connectivity index (χ2v) is 8.15. The van der Waals surface area contributed by atoms with Crippen molar-refractivity contribution in [3.8, 4) is 0 Å². The number of ether oxygens (including phenoxy) is 2. The summed E-state index contributed by atoms with van der Waals surface area (Å²) in [6.07, 6.45) is 8.78. The molecular formula is C24H36O8. The van der Waals surface area contributed by atoms with Crippen molar-refractivity contribution in [3.05, 3.63) is 24.3 Å². The zero-order valence-electron chi connectivity index (χ0n) is 19.2. The number of carboxylic acid groups (broad SMARTS) is 1. The van der Waals surface area contributed by atoms with Crippen molar-refractivity contribution in [3.63, 3.8) is 0 Å². The number of aliphatic carboxylic acids is 1. The van der Waals surface area contributed by atoms with Gasteiger partial charge in [0.2, 0.25) is 0 Å². The van der Waals surface area contributed by atoms with Crippen molar-refractivity contribution in [2.75, 3.05) is 0 Å². The average molecular weight is 453 g/mol. The smallest absolute Gasteiger partial charge is 0.303 e. The summed E-state index contributed by atoms with van der Waals surface area (Å²) in [6.45, 7) is 4.41. The summed E-state index contributed by atoms with van der Waals surface area (Å²) in [5.41, 5.74) is 0. The zero-order chi connectivity index (χ0) is 24.1. The molecule has 2 N–H and O–H groups in total. The van der Waals surface area contributed by atoms with Gasteiger partial charge in [-0.15, -0.1) is 0 Å². The monoisotopic (exact) mass is 452 g/mol. The summed E-state index contributed by atoms with van der Waals surface area (Å²) in [7, 11) is 0. The molecule has 0 unspecified atom stereocenters. The van der Waals surface area contributed by atoms with Gasteiger partial charge in [-0.25, -0.2) is 0 Å². The van der Waals surface area contributed by atoms with Crippen LogP contribution in [0.5, 0.6) is 0 Å². The van der Waals surface area contributed by atoms with Crippen LogP contribution >= 0.6 is 0 Å². The van der Waals surface area contributed by atoms with Gasteiger partial charge in [-0.3, -0.25) is 19.2 Å². The number of hydrogen-bond acceptors (Lipinski definition) is 7. The van der Waals surface area contributed by atoms with E-state index in [1.807, 2.05) is 18.2 Å². The molecule has 0 heterocycles. The Morgan fingerprint density at radius 2 is 1.81 bits per heavy atom. The number of hydrogen-bond donors (Lipinski definition) is 2. The molecule has 0 aromatic heterocycles. The lowest BCUT2D eigenvalue weighted by atomic mass is 9.89. The van der Waals surface area contributed by atoms with Crippen LogP contribution in [0.25, 0.3) is 0 Å². The van der Waals surface area contributed by atoms with Crippen LogP contribution in [0, 0.1) is 11.8 Å². The van der Waals surface area contributed by atoms with Crippen LogP contribution < -0.4 is 0 Å². The van der Waals surface area contributed by atoms with E-state index in [4.69, 9.17) is 14.6 Å². The Kier molecular flexibility index (Phi) is 12.5. The van der Waals surface area contributed by atoms with Crippen molar-refractivity contribution in [1.29, 1.82) is 0 Å². The fourth-order valence-corrected chi connectivity index (χ4v) is 3.91. The Labute approximate surface area is 189 Å². The minimum atomic E-state index is -0.831. The second kappa shape index (κ2) is 14.6. The Morgan fingerprint density at radius 1 is 1.09 bits per heavy atom. The number of ketones is 1. The van der Waals surface area contributed by atoms with Gasteiger partial charge in [0.25, 0.3) is 0 Å². The normalized spacial score (nSPS) is 24.0. The average Bonchev–Trinajstić information content (AvgIpc) is 2.99. The molecular weight excluding hydrogens is 416 g/mol. The van der Waals surface area contributed by atoms with Crippen LogP contribution in [0.2, 0.25) is 0 Å². The first-order valence-corrected chi connectivity index (χ1v) is 11.2. The predicted molar refractivity (Wildman–Crippen MR) is 118 cm³/mol. The summed E-state index contributed by atoms with van der Waals surface area (Å²) >= 11 is 0. The molecule has 0 aromatic carbocycles. The quantitative estimate of drug-likeness (QED) is 0.233. The molecule has 0 radical (unpaired) electrons. The molecule has 0 aromatic rings. The minimum Gasteiger partial charge on any atom is -0.481 e. The SMILES string of the molecule is CCC(=O)CC[C@@H](/C=C/[C@@H]1[C@@H](C/C=C\CCCC(=O)O)[C@@H](O)C[C@H]1OC(C)=O)OC(C)=O. The summed E-state index contributed by atoms with van der Waals surface area (Å²) in [6, 6.07) is 0. The molecule has 0 saturated heterocycles. The van der Waals surface area contributed by atoms with Crippen LogP contribution in [0.4, 0.5) is 0 Å². The molecule has 1 rings (SSSR count). The van der Waals surface area contributed by atoms with Crippen LogP contribution in [-0.4, -0.2) is 52.2 Å². The summed E-state index contributed by atoms with van der Waals surface area (Å²) in [4.78, 5) is 45.3. The van der Waals surface area contributed by atoms with Crippen LogP contribution in [-0.2, 0) is 28.7 Å². The first-order chi connectivity index (χ1) is 15.1. The lowest BCUT2D eigenvalue weighted by molar-refractivity contribution is -0.147. The van der Waals surface area contributed by atoms with Crippen LogP contribution in [0.15, 0.2) is 24.3 Å². The molecule has 1 saturated carbocycles. The number of aliphatic hydroxyl groups is 1. The molecule has 5 atom stereocenters. The fourth-order valence-electron chi connectivity index (χ4n) is 3.91. The highest BCUT2D eigenvalue weighted by Crippen LogP contribution is 2.38. The molecule has 1 aliphatic carbocycles. The van der Waals surface area contributed by atoms with Gasteiger partial charge < -0.3 is 19.7 Å². The second-order valence-electron chi connectivity index (χ2n) is 8.15. The van der Waals surface area contributed by atoms with E-state index in [0.717, 1.165) is 0 Å². The molecule has 0 amide bonds. The Balaban J connectivity index is 2.89. The van der Waals surface area contributed by atoms with Gasteiger partial charge in [0.1, 0.15) is 18.0 Å². The minimum absolute atomic E-state index is 0.0792. The number of carbonyl (C=O) groups is 4. The van der Waals surface area contributed by atoms with E-state index in [2.05, 4.69) is 0 Å². The van der Waals surface area contributed by atoms with Crippen LogP contribution in [0.1, 0.15) is 72.1 Å².